The van der Waals surface area contributed by atoms with Crippen LogP contribution in [0.5, 0.6) is 0 Å². The van der Waals surface area contributed by atoms with Crippen molar-refractivity contribution in [3.8, 4) is 0 Å². The van der Waals surface area contributed by atoms with E-state index >= 15 is 0 Å². The highest BCUT2D eigenvalue weighted by Crippen LogP contribution is 2.28. The summed E-state index contributed by atoms with van der Waals surface area (Å²) in [5.74, 6) is 0.789. The molecule has 1 saturated carbocycles. The van der Waals surface area contributed by atoms with Crippen molar-refractivity contribution < 1.29 is 9.59 Å². The van der Waals surface area contributed by atoms with Crippen LogP contribution in [0.2, 0.25) is 0 Å². The number of nitrogens with zero attached hydrogens (tertiary/aromatic N) is 2. The Morgan fingerprint density at radius 2 is 1.61 bits per heavy atom. The van der Waals surface area contributed by atoms with Gasteiger partial charge in [-0.05, 0) is 31.2 Å². The first-order valence-electron chi connectivity index (χ1n) is 8.84. The van der Waals surface area contributed by atoms with Gasteiger partial charge in [0.1, 0.15) is 0 Å². The lowest BCUT2D eigenvalue weighted by molar-refractivity contribution is -0.138. The highest BCUT2D eigenvalue weighted by Gasteiger charge is 2.30. The van der Waals surface area contributed by atoms with Crippen molar-refractivity contribution in [3.05, 3.63) is 35.9 Å². The number of carbonyl (C=O) groups is 2. The van der Waals surface area contributed by atoms with Gasteiger partial charge in [0.25, 0.3) is 0 Å². The third kappa shape index (κ3) is 4.12. The Kier molecular flexibility index (Phi) is 5.31. The van der Waals surface area contributed by atoms with Crippen LogP contribution in [0.3, 0.4) is 0 Å². The molecule has 0 N–H and O–H groups in total. The molecule has 1 saturated heterocycles. The second-order valence-corrected chi connectivity index (χ2v) is 6.67. The van der Waals surface area contributed by atoms with Crippen LogP contribution in [-0.4, -0.2) is 47.8 Å². The molecule has 0 radical (unpaired) electrons. The first-order chi connectivity index (χ1) is 11.2. The molecule has 124 valence electrons. The maximum Gasteiger partial charge on any atom is 0.225 e. The van der Waals surface area contributed by atoms with E-state index < -0.39 is 0 Å². The smallest absolute Gasteiger partial charge is 0.225 e. The molecule has 4 nitrogen and oxygen atoms in total. The van der Waals surface area contributed by atoms with Crippen LogP contribution in [0, 0.1) is 5.92 Å². The molecule has 1 aromatic carbocycles. The Morgan fingerprint density at radius 3 is 2.30 bits per heavy atom. The number of hydrogen-bond donors (Lipinski definition) is 0. The van der Waals surface area contributed by atoms with Gasteiger partial charge >= 0.3 is 0 Å². The summed E-state index contributed by atoms with van der Waals surface area (Å²) in [6.07, 6.45) is 5.54. The second-order valence-electron chi connectivity index (χ2n) is 6.67. The summed E-state index contributed by atoms with van der Waals surface area (Å²) in [5.41, 5.74) is 1.21. The molecule has 23 heavy (non-hydrogen) atoms. The first kappa shape index (κ1) is 16.0. The van der Waals surface area contributed by atoms with Crippen LogP contribution >= 0.6 is 0 Å². The number of amides is 2. The normalized spacial score (nSPS) is 19.1. The van der Waals surface area contributed by atoms with E-state index in [1.807, 2.05) is 28.0 Å². The SMILES string of the molecule is O=C(CCc1ccccc1)N1CCCN(C(=O)C2CCC2)CC1. The molecule has 1 heterocycles. The minimum absolute atomic E-state index is 0.215. The van der Waals surface area contributed by atoms with E-state index in [4.69, 9.17) is 0 Å². The van der Waals surface area contributed by atoms with Gasteiger partial charge in [-0.25, -0.2) is 0 Å². The van der Waals surface area contributed by atoms with Gasteiger partial charge in [0.2, 0.25) is 11.8 Å². The molecule has 3 rings (SSSR count). The van der Waals surface area contributed by atoms with Crippen LogP contribution in [0.4, 0.5) is 0 Å². The van der Waals surface area contributed by atoms with Gasteiger partial charge in [-0.3, -0.25) is 9.59 Å². The number of aryl methyl sites for hydroxylation is 1. The summed E-state index contributed by atoms with van der Waals surface area (Å²) in [6.45, 7) is 2.97. The fraction of sp³-hybridized carbons (Fsp3) is 0.579. The van der Waals surface area contributed by atoms with E-state index in [0.29, 0.717) is 25.4 Å². The third-order valence-corrected chi connectivity index (χ3v) is 5.09. The van der Waals surface area contributed by atoms with Crippen LogP contribution < -0.4 is 0 Å². The predicted octanol–water partition coefficient (Wildman–Crippen LogP) is 2.48. The first-order valence-corrected chi connectivity index (χ1v) is 8.84. The van der Waals surface area contributed by atoms with Gasteiger partial charge in [-0.2, -0.15) is 0 Å². The van der Waals surface area contributed by atoms with Crippen molar-refractivity contribution in [2.24, 2.45) is 5.92 Å². The van der Waals surface area contributed by atoms with Gasteiger partial charge < -0.3 is 9.80 Å². The van der Waals surface area contributed by atoms with Gasteiger partial charge in [0.15, 0.2) is 0 Å². The Hall–Kier alpha value is -1.84. The highest BCUT2D eigenvalue weighted by molar-refractivity contribution is 5.80. The maximum atomic E-state index is 12.4. The molecule has 2 aliphatic rings. The fourth-order valence-electron chi connectivity index (χ4n) is 3.35. The standard InChI is InChI=1S/C19H26N2O2/c22-18(11-10-16-6-2-1-3-7-16)20-12-5-13-21(15-14-20)19(23)17-8-4-9-17/h1-3,6-7,17H,4-5,8-15H2. The molecule has 0 unspecified atom stereocenters. The second kappa shape index (κ2) is 7.62. The molecular formula is C19H26N2O2. The molecule has 0 aromatic heterocycles. The van der Waals surface area contributed by atoms with Crippen molar-refractivity contribution in [1.29, 1.82) is 0 Å². The quantitative estimate of drug-likeness (QED) is 0.856. The van der Waals surface area contributed by atoms with Crippen LogP contribution in [-0.2, 0) is 16.0 Å². The Morgan fingerprint density at radius 1 is 0.913 bits per heavy atom. The van der Waals surface area contributed by atoms with Gasteiger partial charge in [0, 0.05) is 38.5 Å². The van der Waals surface area contributed by atoms with E-state index in [2.05, 4.69) is 12.1 Å². The summed E-state index contributed by atoms with van der Waals surface area (Å²) in [4.78, 5) is 28.7. The number of rotatable bonds is 4. The highest BCUT2D eigenvalue weighted by atomic mass is 16.2. The van der Waals surface area contributed by atoms with E-state index in [0.717, 1.165) is 38.8 Å². The Bertz CT molecular complexity index is 540. The summed E-state index contributed by atoms with van der Waals surface area (Å²) in [6, 6.07) is 10.1. The lowest BCUT2D eigenvalue weighted by atomic mass is 9.84. The summed E-state index contributed by atoms with van der Waals surface area (Å²) in [7, 11) is 0. The molecule has 0 atom stereocenters. The zero-order valence-corrected chi connectivity index (χ0v) is 13.7. The lowest BCUT2D eigenvalue weighted by Crippen LogP contribution is -2.41. The van der Waals surface area contributed by atoms with Crippen LogP contribution in [0.25, 0.3) is 0 Å². The predicted molar refractivity (Wildman–Crippen MR) is 89.9 cm³/mol. The average Bonchev–Trinajstić information content (AvgIpc) is 2.78. The Labute approximate surface area is 138 Å². The molecule has 0 bridgehead atoms. The van der Waals surface area contributed by atoms with E-state index in [1.165, 1.54) is 12.0 Å². The van der Waals surface area contributed by atoms with E-state index in [-0.39, 0.29) is 11.8 Å². The minimum Gasteiger partial charge on any atom is -0.341 e. The largest absolute Gasteiger partial charge is 0.341 e. The van der Waals surface area contributed by atoms with Crippen molar-refractivity contribution in [3.63, 3.8) is 0 Å². The minimum atomic E-state index is 0.215. The van der Waals surface area contributed by atoms with Gasteiger partial charge in [-0.1, -0.05) is 36.8 Å². The number of benzene rings is 1. The Balaban J connectivity index is 1.47. The fourth-order valence-corrected chi connectivity index (χ4v) is 3.35. The molecule has 1 aromatic rings. The zero-order valence-electron chi connectivity index (χ0n) is 13.7. The summed E-state index contributed by atoms with van der Waals surface area (Å²) < 4.78 is 0. The number of hydrogen-bond acceptors (Lipinski definition) is 2. The molecular weight excluding hydrogens is 288 g/mol. The van der Waals surface area contributed by atoms with Crippen LogP contribution in [0.1, 0.15) is 37.7 Å². The molecule has 4 heteroatoms. The molecule has 1 aliphatic heterocycles. The van der Waals surface area contributed by atoms with Gasteiger partial charge in [0.05, 0.1) is 0 Å². The molecule has 0 spiro atoms. The van der Waals surface area contributed by atoms with Gasteiger partial charge in [-0.15, -0.1) is 0 Å². The van der Waals surface area contributed by atoms with Crippen LogP contribution in [0.15, 0.2) is 30.3 Å². The summed E-state index contributed by atoms with van der Waals surface area (Å²) >= 11 is 0. The van der Waals surface area contributed by atoms with Crippen molar-refractivity contribution in [2.45, 2.75) is 38.5 Å². The lowest BCUT2D eigenvalue weighted by Gasteiger charge is -2.31. The van der Waals surface area contributed by atoms with E-state index in [1.54, 1.807) is 0 Å². The van der Waals surface area contributed by atoms with Crippen molar-refractivity contribution in [1.82, 2.24) is 9.80 Å². The van der Waals surface area contributed by atoms with E-state index in [9.17, 15) is 9.59 Å². The average molecular weight is 314 g/mol. The molecule has 2 fully saturated rings. The summed E-state index contributed by atoms with van der Waals surface area (Å²) in [5, 5.41) is 0. The monoisotopic (exact) mass is 314 g/mol. The number of carbonyl (C=O) groups excluding carboxylic acids is 2. The topological polar surface area (TPSA) is 40.6 Å². The molecule has 2 amide bonds. The molecule has 1 aliphatic carbocycles. The third-order valence-electron chi connectivity index (χ3n) is 5.09. The maximum absolute atomic E-state index is 12.4. The zero-order chi connectivity index (χ0) is 16.1. The van der Waals surface area contributed by atoms with Crippen molar-refractivity contribution in [2.75, 3.05) is 26.2 Å². The van der Waals surface area contributed by atoms with Crippen molar-refractivity contribution >= 4 is 11.8 Å².